The van der Waals surface area contributed by atoms with Crippen LogP contribution in [0.15, 0.2) is 59.7 Å². The van der Waals surface area contributed by atoms with Crippen LogP contribution in [0.2, 0.25) is 0 Å². The molecule has 0 atom stereocenters. The van der Waals surface area contributed by atoms with Gasteiger partial charge in [-0.25, -0.2) is 19.4 Å². The summed E-state index contributed by atoms with van der Waals surface area (Å²) in [5.74, 6) is 0.401. The van der Waals surface area contributed by atoms with Crippen LogP contribution in [0.3, 0.4) is 0 Å². The minimum atomic E-state index is -0.343. The molecule has 0 fully saturated rings. The molecule has 3 N–H and O–H groups in total. The number of pyridine rings is 1. The van der Waals surface area contributed by atoms with E-state index in [1.54, 1.807) is 36.8 Å². The summed E-state index contributed by atoms with van der Waals surface area (Å²) in [5, 5.41) is 12.3. The van der Waals surface area contributed by atoms with Crippen molar-refractivity contribution >= 4 is 27.9 Å². The van der Waals surface area contributed by atoms with E-state index in [9.17, 15) is 9.59 Å². The van der Waals surface area contributed by atoms with Crippen LogP contribution in [0.1, 0.15) is 15.9 Å². The SMILES string of the molecule is O=C(NCCNC(=O)c1cccc(Br)c1)NCc1cccnc1-n1cncn1. The summed E-state index contributed by atoms with van der Waals surface area (Å²) in [7, 11) is 0. The molecular weight excluding hydrogens is 426 g/mol. The van der Waals surface area contributed by atoms with Gasteiger partial charge in [0.1, 0.15) is 12.7 Å². The van der Waals surface area contributed by atoms with Crippen LogP contribution >= 0.6 is 15.9 Å². The summed E-state index contributed by atoms with van der Waals surface area (Å²) in [6.07, 6.45) is 4.61. The third-order valence-electron chi connectivity index (χ3n) is 3.73. The van der Waals surface area contributed by atoms with Crippen LogP contribution in [0.4, 0.5) is 4.79 Å². The number of rotatable bonds is 7. The van der Waals surface area contributed by atoms with Crippen LogP contribution in [-0.2, 0) is 6.54 Å². The van der Waals surface area contributed by atoms with Crippen LogP contribution in [0, 0.1) is 0 Å². The maximum absolute atomic E-state index is 12.0. The van der Waals surface area contributed by atoms with Crippen molar-refractivity contribution in [2.45, 2.75) is 6.54 Å². The Bertz CT molecular complexity index is 947. The van der Waals surface area contributed by atoms with E-state index in [-0.39, 0.29) is 18.5 Å². The van der Waals surface area contributed by atoms with Crippen molar-refractivity contribution in [2.75, 3.05) is 13.1 Å². The predicted molar refractivity (Wildman–Crippen MR) is 106 cm³/mol. The number of hydrogen-bond donors (Lipinski definition) is 3. The van der Waals surface area contributed by atoms with Gasteiger partial charge in [0.25, 0.3) is 5.91 Å². The van der Waals surface area contributed by atoms with Crippen molar-refractivity contribution in [1.29, 1.82) is 0 Å². The highest BCUT2D eigenvalue weighted by atomic mass is 79.9. The van der Waals surface area contributed by atoms with Crippen molar-refractivity contribution < 1.29 is 9.59 Å². The molecule has 1 aromatic carbocycles. The van der Waals surface area contributed by atoms with Gasteiger partial charge in [0.2, 0.25) is 0 Å². The largest absolute Gasteiger partial charge is 0.350 e. The number of halogens is 1. The highest BCUT2D eigenvalue weighted by Gasteiger charge is 2.08. The van der Waals surface area contributed by atoms with Gasteiger partial charge >= 0.3 is 6.03 Å². The van der Waals surface area contributed by atoms with E-state index < -0.39 is 0 Å². The van der Waals surface area contributed by atoms with E-state index in [0.29, 0.717) is 24.5 Å². The van der Waals surface area contributed by atoms with Gasteiger partial charge in [-0.1, -0.05) is 28.1 Å². The molecule has 3 rings (SSSR count). The Kier molecular flexibility index (Phi) is 6.68. The molecule has 0 spiro atoms. The van der Waals surface area contributed by atoms with E-state index >= 15 is 0 Å². The Labute approximate surface area is 169 Å². The zero-order valence-corrected chi connectivity index (χ0v) is 16.4. The molecule has 0 radical (unpaired) electrons. The van der Waals surface area contributed by atoms with Crippen LogP contribution in [0.5, 0.6) is 0 Å². The molecule has 0 bridgehead atoms. The molecule has 0 aliphatic carbocycles. The molecule has 0 aliphatic rings. The molecule has 0 saturated heterocycles. The highest BCUT2D eigenvalue weighted by molar-refractivity contribution is 9.10. The Morgan fingerprint density at radius 1 is 1.07 bits per heavy atom. The molecule has 144 valence electrons. The molecule has 0 saturated carbocycles. The number of nitrogens with one attached hydrogen (secondary N) is 3. The Morgan fingerprint density at radius 2 is 1.93 bits per heavy atom. The van der Waals surface area contributed by atoms with Crippen LogP contribution in [0.25, 0.3) is 5.82 Å². The third-order valence-corrected chi connectivity index (χ3v) is 4.22. The van der Waals surface area contributed by atoms with Gasteiger partial charge in [0.15, 0.2) is 5.82 Å². The van der Waals surface area contributed by atoms with Crippen LogP contribution < -0.4 is 16.0 Å². The first-order valence-electron chi connectivity index (χ1n) is 8.48. The summed E-state index contributed by atoms with van der Waals surface area (Å²) < 4.78 is 2.37. The number of urea groups is 1. The van der Waals surface area contributed by atoms with Gasteiger partial charge in [-0.2, -0.15) is 5.10 Å². The van der Waals surface area contributed by atoms with Crippen LogP contribution in [-0.4, -0.2) is 44.8 Å². The number of carbonyl (C=O) groups is 2. The quantitative estimate of drug-likeness (QED) is 0.480. The molecule has 3 aromatic rings. The second kappa shape index (κ2) is 9.60. The van der Waals surface area contributed by atoms with Gasteiger partial charge in [-0.15, -0.1) is 0 Å². The normalized spacial score (nSPS) is 10.3. The lowest BCUT2D eigenvalue weighted by molar-refractivity contribution is 0.0953. The molecule has 0 aliphatic heterocycles. The fraction of sp³-hybridized carbons (Fsp3) is 0.167. The third kappa shape index (κ3) is 5.36. The van der Waals surface area contributed by atoms with Crippen molar-refractivity contribution in [3.8, 4) is 5.82 Å². The minimum absolute atomic E-state index is 0.198. The average Bonchev–Trinajstić information content (AvgIpc) is 3.24. The lowest BCUT2D eigenvalue weighted by Gasteiger charge is -2.11. The summed E-state index contributed by atoms with van der Waals surface area (Å²) in [4.78, 5) is 32.2. The van der Waals surface area contributed by atoms with Gasteiger partial charge in [0, 0.05) is 41.4 Å². The summed E-state index contributed by atoms with van der Waals surface area (Å²) in [6.45, 7) is 0.893. The van der Waals surface area contributed by atoms with E-state index in [1.807, 2.05) is 12.1 Å². The maximum Gasteiger partial charge on any atom is 0.315 e. The number of benzene rings is 1. The predicted octanol–water partition coefficient (Wildman–Crippen LogP) is 1.65. The van der Waals surface area contributed by atoms with E-state index in [1.165, 1.54) is 11.0 Å². The number of carbonyl (C=O) groups excluding carboxylic acids is 2. The van der Waals surface area contributed by atoms with Crippen molar-refractivity contribution in [3.63, 3.8) is 0 Å². The minimum Gasteiger partial charge on any atom is -0.350 e. The fourth-order valence-corrected chi connectivity index (χ4v) is 2.81. The van der Waals surface area contributed by atoms with Crippen molar-refractivity contribution in [3.05, 3.63) is 70.8 Å². The van der Waals surface area contributed by atoms with Gasteiger partial charge in [-0.05, 0) is 24.3 Å². The lowest BCUT2D eigenvalue weighted by atomic mass is 10.2. The number of hydrogen-bond acceptors (Lipinski definition) is 5. The smallest absolute Gasteiger partial charge is 0.315 e. The molecular formula is C18H18BrN7O2. The average molecular weight is 444 g/mol. The van der Waals surface area contributed by atoms with E-state index in [0.717, 1.165) is 10.0 Å². The lowest BCUT2D eigenvalue weighted by Crippen LogP contribution is -2.40. The maximum atomic E-state index is 12.0. The topological polar surface area (TPSA) is 114 Å². The number of aromatic nitrogens is 4. The summed E-state index contributed by atoms with van der Waals surface area (Å²) >= 11 is 3.33. The molecule has 10 heteroatoms. The Balaban J connectivity index is 1.42. The first-order chi connectivity index (χ1) is 13.6. The molecule has 3 amide bonds. The molecule has 2 heterocycles. The van der Waals surface area contributed by atoms with Crippen molar-refractivity contribution in [2.24, 2.45) is 0 Å². The number of nitrogens with zero attached hydrogens (tertiary/aromatic N) is 4. The number of amides is 3. The molecule has 0 unspecified atom stereocenters. The van der Waals surface area contributed by atoms with Gasteiger partial charge in [0.05, 0.1) is 0 Å². The Hall–Kier alpha value is -3.27. The van der Waals surface area contributed by atoms with Crippen molar-refractivity contribution in [1.82, 2.24) is 35.7 Å². The molecule has 28 heavy (non-hydrogen) atoms. The Morgan fingerprint density at radius 3 is 2.71 bits per heavy atom. The zero-order valence-electron chi connectivity index (χ0n) is 14.8. The molecule has 2 aromatic heterocycles. The fourth-order valence-electron chi connectivity index (χ4n) is 2.41. The van der Waals surface area contributed by atoms with E-state index in [2.05, 4.69) is 46.9 Å². The summed E-state index contributed by atoms with van der Waals surface area (Å²) in [6, 6.07) is 10.4. The van der Waals surface area contributed by atoms with Gasteiger partial charge < -0.3 is 16.0 Å². The van der Waals surface area contributed by atoms with Gasteiger partial charge in [-0.3, -0.25) is 4.79 Å². The zero-order chi connectivity index (χ0) is 19.8. The standard InChI is InChI=1S/C18H18BrN7O2/c19-15-5-1-3-13(9-15)17(27)22-7-8-23-18(28)24-10-14-4-2-6-21-16(14)26-12-20-11-25-26/h1-6,9,11-12H,7-8,10H2,(H,22,27)(H2,23,24,28). The highest BCUT2D eigenvalue weighted by Crippen LogP contribution is 2.11. The first-order valence-corrected chi connectivity index (χ1v) is 9.27. The molecule has 9 nitrogen and oxygen atoms in total. The second-order valence-electron chi connectivity index (χ2n) is 5.70. The monoisotopic (exact) mass is 443 g/mol. The second-order valence-corrected chi connectivity index (χ2v) is 6.62. The summed E-state index contributed by atoms with van der Waals surface area (Å²) in [5.41, 5.74) is 1.35. The van der Waals surface area contributed by atoms with E-state index in [4.69, 9.17) is 0 Å². The first kappa shape index (κ1) is 19.5.